The fourth-order valence-electron chi connectivity index (χ4n) is 2.80. The van der Waals surface area contributed by atoms with Gasteiger partial charge in [0.2, 0.25) is 0 Å². The molecule has 9 heteroatoms. The summed E-state index contributed by atoms with van der Waals surface area (Å²) in [5.41, 5.74) is 0.159. The molecule has 164 valence electrons. The van der Waals surface area contributed by atoms with E-state index in [1.807, 2.05) is 0 Å². The molecule has 0 spiro atoms. The maximum atomic E-state index is 12.3. The number of unbranched alkanes of at least 4 members (excludes halogenated alkanes) is 7. The molecule has 0 aliphatic carbocycles. The average Bonchev–Trinajstić information content (AvgIpc) is 2.69. The van der Waals surface area contributed by atoms with Gasteiger partial charge in [-0.15, -0.1) is 0 Å². The first kappa shape index (κ1) is 29.7. The van der Waals surface area contributed by atoms with Gasteiger partial charge in [-0.25, -0.2) is 18.0 Å². The van der Waals surface area contributed by atoms with Crippen LogP contribution in [0.15, 0.2) is 24.3 Å². The zero-order chi connectivity index (χ0) is 21.5. The van der Waals surface area contributed by atoms with Gasteiger partial charge in [-0.05, 0) is 25.0 Å². The molecular weight excluding hydrogens is 435 g/mol. The summed E-state index contributed by atoms with van der Waals surface area (Å²) in [7, 11) is -4.35. The molecule has 7 nitrogen and oxygen atoms in total. The van der Waals surface area contributed by atoms with E-state index in [2.05, 4.69) is 6.92 Å². The van der Waals surface area contributed by atoms with Crippen LogP contribution in [0.4, 0.5) is 0 Å². The molecule has 0 saturated heterocycles. The summed E-state index contributed by atoms with van der Waals surface area (Å²) in [5, 5.41) is 0. The summed E-state index contributed by atoms with van der Waals surface area (Å²) < 4.78 is 41.9. The van der Waals surface area contributed by atoms with E-state index in [1.165, 1.54) is 44.2 Å². The fourth-order valence-corrected chi connectivity index (χ4v) is 3.27. The molecule has 0 aromatic heterocycles. The molecule has 0 aliphatic heterocycles. The van der Waals surface area contributed by atoms with E-state index < -0.39 is 27.8 Å². The first-order valence-electron chi connectivity index (χ1n) is 10.2. The van der Waals surface area contributed by atoms with Gasteiger partial charge in [0, 0.05) is 5.75 Å². The van der Waals surface area contributed by atoms with Crippen LogP contribution < -0.4 is 51.4 Å². The fraction of sp³-hybridized carbons (Fsp3) is 0.619. The minimum Gasteiger partial charge on any atom is -0.748 e. The Bertz CT molecular complexity index is 735. The van der Waals surface area contributed by atoms with Crippen molar-refractivity contribution < 1.29 is 83.4 Å². The van der Waals surface area contributed by atoms with Crippen molar-refractivity contribution in [1.29, 1.82) is 0 Å². The second-order valence-electron chi connectivity index (χ2n) is 6.91. The van der Waals surface area contributed by atoms with Crippen molar-refractivity contribution in [3.63, 3.8) is 0 Å². The normalized spacial score (nSPS) is 10.9. The van der Waals surface area contributed by atoms with Gasteiger partial charge in [-0.1, -0.05) is 64.0 Å². The summed E-state index contributed by atoms with van der Waals surface area (Å²) in [6.45, 7) is 2.26. The Labute approximate surface area is 222 Å². The molecule has 1 rings (SSSR count). The molecular formula is C21H31KO7S. The summed E-state index contributed by atoms with van der Waals surface area (Å²) in [6, 6.07) is 6.13. The van der Waals surface area contributed by atoms with Crippen LogP contribution in [0.2, 0.25) is 0 Å². The van der Waals surface area contributed by atoms with Crippen molar-refractivity contribution in [2.45, 2.75) is 64.7 Å². The number of esters is 2. The van der Waals surface area contributed by atoms with E-state index in [0.29, 0.717) is 6.61 Å². The molecule has 0 amide bonds. The van der Waals surface area contributed by atoms with Gasteiger partial charge in [-0.3, -0.25) is 0 Å². The third kappa shape index (κ3) is 13.9. The van der Waals surface area contributed by atoms with Gasteiger partial charge >= 0.3 is 63.3 Å². The van der Waals surface area contributed by atoms with Crippen molar-refractivity contribution >= 4 is 22.1 Å². The van der Waals surface area contributed by atoms with Crippen molar-refractivity contribution in [3.8, 4) is 0 Å². The molecule has 0 saturated carbocycles. The molecule has 0 radical (unpaired) electrons. The monoisotopic (exact) mass is 466 g/mol. The van der Waals surface area contributed by atoms with Gasteiger partial charge in [0.15, 0.2) is 0 Å². The average molecular weight is 467 g/mol. The van der Waals surface area contributed by atoms with E-state index in [1.54, 1.807) is 12.1 Å². The Kier molecular flexibility index (Phi) is 17.1. The SMILES string of the molecule is CCCCCCCCCCOC(=O)c1ccccc1C(=O)OCCCS(=O)(=O)[O-].[K+]. The largest absolute Gasteiger partial charge is 1.00 e. The number of hydrogen-bond acceptors (Lipinski definition) is 7. The van der Waals surface area contributed by atoms with Gasteiger partial charge < -0.3 is 14.0 Å². The van der Waals surface area contributed by atoms with Crippen LogP contribution in [0, 0.1) is 0 Å². The van der Waals surface area contributed by atoms with E-state index >= 15 is 0 Å². The Balaban J connectivity index is 0.00000841. The molecule has 1 aromatic rings. The molecule has 0 unspecified atom stereocenters. The van der Waals surface area contributed by atoms with E-state index in [4.69, 9.17) is 9.47 Å². The second-order valence-corrected chi connectivity index (χ2v) is 8.43. The maximum Gasteiger partial charge on any atom is 1.00 e. The predicted molar refractivity (Wildman–Crippen MR) is 109 cm³/mol. The van der Waals surface area contributed by atoms with Crippen LogP contribution in [-0.2, 0) is 19.6 Å². The van der Waals surface area contributed by atoms with Gasteiger partial charge in [0.05, 0.1) is 34.5 Å². The molecule has 0 aliphatic rings. The third-order valence-corrected chi connectivity index (χ3v) is 5.16. The predicted octanol–water partition coefficient (Wildman–Crippen LogP) is 1.08. The van der Waals surface area contributed by atoms with Crippen molar-refractivity contribution in [2.75, 3.05) is 19.0 Å². The topological polar surface area (TPSA) is 110 Å². The minimum absolute atomic E-state index is 0. The summed E-state index contributed by atoms with van der Waals surface area (Å²) in [6.07, 6.45) is 8.99. The molecule has 0 heterocycles. The Hall–Kier alpha value is -0.294. The smallest absolute Gasteiger partial charge is 0.748 e. The first-order valence-corrected chi connectivity index (χ1v) is 11.8. The van der Waals surface area contributed by atoms with E-state index in [-0.39, 0.29) is 75.5 Å². The molecule has 0 fully saturated rings. The van der Waals surface area contributed by atoms with Gasteiger partial charge in [0.25, 0.3) is 0 Å². The minimum atomic E-state index is -4.35. The number of carbonyl (C=O) groups is 2. The molecule has 0 N–H and O–H groups in total. The summed E-state index contributed by atoms with van der Waals surface area (Å²) in [5.74, 6) is -1.96. The number of benzene rings is 1. The Morgan fingerprint density at radius 1 is 0.800 bits per heavy atom. The van der Waals surface area contributed by atoms with Crippen LogP contribution in [-0.4, -0.2) is 43.9 Å². The quantitative estimate of drug-likeness (QED) is 0.165. The molecule has 0 bridgehead atoms. The van der Waals surface area contributed by atoms with Crippen LogP contribution in [0.3, 0.4) is 0 Å². The van der Waals surface area contributed by atoms with Crippen molar-refractivity contribution in [3.05, 3.63) is 35.4 Å². The standard InChI is InChI=1S/C21H32O7S.K/c1-2-3-4-5-6-7-8-11-15-27-20(22)18-13-9-10-14-19(18)21(23)28-16-12-17-29(24,25)26;/h9-10,13-14H,2-8,11-12,15-17H2,1H3,(H,24,25,26);/q;+1/p-1. The second kappa shape index (κ2) is 17.3. The maximum absolute atomic E-state index is 12.3. The number of carbonyl (C=O) groups excluding carboxylic acids is 2. The number of ether oxygens (including phenoxy) is 2. The summed E-state index contributed by atoms with van der Waals surface area (Å²) >= 11 is 0. The van der Waals surface area contributed by atoms with E-state index in [0.717, 1.165) is 19.3 Å². The molecule has 1 aromatic carbocycles. The Morgan fingerprint density at radius 2 is 1.23 bits per heavy atom. The van der Waals surface area contributed by atoms with Crippen LogP contribution in [0.1, 0.15) is 85.4 Å². The van der Waals surface area contributed by atoms with E-state index in [9.17, 15) is 22.6 Å². The Morgan fingerprint density at radius 3 is 1.70 bits per heavy atom. The van der Waals surface area contributed by atoms with Crippen LogP contribution in [0.25, 0.3) is 0 Å². The van der Waals surface area contributed by atoms with Crippen molar-refractivity contribution in [1.82, 2.24) is 0 Å². The zero-order valence-electron chi connectivity index (χ0n) is 18.1. The number of hydrogen-bond donors (Lipinski definition) is 0. The summed E-state index contributed by atoms with van der Waals surface area (Å²) in [4.78, 5) is 24.4. The molecule has 30 heavy (non-hydrogen) atoms. The third-order valence-electron chi connectivity index (χ3n) is 4.37. The first-order chi connectivity index (χ1) is 13.8. The van der Waals surface area contributed by atoms with Crippen LogP contribution in [0.5, 0.6) is 0 Å². The number of rotatable bonds is 15. The van der Waals surface area contributed by atoms with Crippen molar-refractivity contribution in [2.24, 2.45) is 0 Å². The zero-order valence-corrected chi connectivity index (χ0v) is 22.0. The van der Waals surface area contributed by atoms with Gasteiger partial charge in [-0.2, -0.15) is 0 Å². The molecule has 0 atom stereocenters. The van der Waals surface area contributed by atoms with Gasteiger partial charge in [0.1, 0.15) is 0 Å². The van der Waals surface area contributed by atoms with Crippen LogP contribution >= 0.6 is 0 Å².